The van der Waals surface area contributed by atoms with Gasteiger partial charge in [-0.3, -0.25) is 0 Å². The third kappa shape index (κ3) is 3.69. The zero-order valence-electron chi connectivity index (χ0n) is 4.45. The van der Waals surface area contributed by atoms with Gasteiger partial charge in [-0.2, -0.15) is 0 Å². The second kappa shape index (κ2) is 4.02. The molecule has 40 valence electrons. The molecule has 0 N–H and O–H groups in total. The molecule has 0 aliphatic heterocycles. The first-order valence-electron chi connectivity index (χ1n) is 2.41. The van der Waals surface area contributed by atoms with Crippen LogP contribution < -0.4 is 0 Å². The van der Waals surface area contributed by atoms with Crippen LogP contribution in [0.5, 0.6) is 0 Å². The second-order valence-corrected chi connectivity index (χ2v) is 1.95. The lowest BCUT2D eigenvalue weighted by Gasteiger charge is -1.93. The maximum Gasteiger partial charge on any atom is 0.0940 e. The minimum Gasteiger partial charge on any atom is -0.119 e. The Labute approximate surface area is 49.9 Å². The van der Waals surface area contributed by atoms with Gasteiger partial charge in [-0.1, -0.05) is 19.3 Å². The Kier molecular flexibility index (Phi) is 3.93. The van der Waals surface area contributed by atoms with Gasteiger partial charge >= 0.3 is 0 Å². The van der Waals surface area contributed by atoms with E-state index in [-0.39, 0.29) is 5.38 Å². The molecule has 0 aromatic rings. The predicted molar refractivity (Wildman–Crippen MR) is 33.4 cm³/mol. The molecule has 0 spiro atoms. The van der Waals surface area contributed by atoms with Crippen molar-refractivity contribution in [1.82, 2.24) is 0 Å². The van der Waals surface area contributed by atoms with E-state index in [0.29, 0.717) is 0 Å². The Morgan fingerprint density at radius 1 is 1.86 bits per heavy atom. The third-order valence-electron chi connectivity index (χ3n) is 0.723. The summed E-state index contributed by atoms with van der Waals surface area (Å²) < 4.78 is 0. The van der Waals surface area contributed by atoms with Crippen LogP contribution in [0.25, 0.3) is 0 Å². The normalized spacial score (nSPS) is 12.7. The van der Waals surface area contributed by atoms with E-state index in [1.165, 1.54) is 0 Å². The summed E-state index contributed by atoms with van der Waals surface area (Å²) in [5.74, 6) is 2.43. The molecule has 1 atom stereocenters. The van der Waals surface area contributed by atoms with Gasteiger partial charge in [0, 0.05) is 0 Å². The van der Waals surface area contributed by atoms with Crippen LogP contribution in [0.2, 0.25) is 0 Å². The van der Waals surface area contributed by atoms with Gasteiger partial charge < -0.3 is 0 Å². The Bertz CT molecular complexity index is 70.7. The molecule has 0 aliphatic rings. The molecule has 0 aromatic heterocycles. The molecule has 7 heavy (non-hydrogen) atoms. The van der Waals surface area contributed by atoms with E-state index in [1.54, 1.807) is 0 Å². The monoisotopic (exact) mass is 116 g/mol. The Hall–Kier alpha value is -0.150. The van der Waals surface area contributed by atoms with Crippen molar-refractivity contribution in [3.8, 4) is 12.3 Å². The molecule has 0 aliphatic carbocycles. The summed E-state index contributed by atoms with van der Waals surface area (Å²) in [6, 6.07) is 0. The van der Waals surface area contributed by atoms with Gasteiger partial charge in [0.15, 0.2) is 0 Å². The maximum absolute atomic E-state index is 5.53. The fraction of sp³-hybridized carbons (Fsp3) is 0.667. The quantitative estimate of drug-likeness (QED) is 0.383. The van der Waals surface area contributed by atoms with Crippen molar-refractivity contribution in [2.75, 3.05) is 0 Å². The van der Waals surface area contributed by atoms with Gasteiger partial charge in [0.05, 0.1) is 5.38 Å². The molecule has 0 rings (SSSR count). The van der Waals surface area contributed by atoms with Gasteiger partial charge in [-0.05, 0) is 6.42 Å². The van der Waals surface area contributed by atoms with Gasteiger partial charge in [0.2, 0.25) is 0 Å². The fourth-order valence-corrected chi connectivity index (χ4v) is 0.555. The van der Waals surface area contributed by atoms with Gasteiger partial charge in [-0.25, -0.2) is 0 Å². The number of hydrogen-bond donors (Lipinski definition) is 0. The summed E-state index contributed by atoms with van der Waals surface area (Å²) >= 11 is 5.53. The van der Waals surface area contributed by atoms with Crippen LogP contribution in [0, 0.1) is 12.3 Å². The molecule has 0 amide bonds. The number of hydrogen-bond acceptors (Lipinski definition) is 0. The average Bonchev–Trinajstić information content (AvgIpc) is 1.68. The first kappa shape index (κ1) is 6.85. The van der Waals surface area contributed by atoms with E-state index >= 15 is 0 Å². The molecule has 0 saturated carbocycles. The minimum absolute atomic E-state index is 0.0509. The zero-order valence-corrected chi connectivity index (χ0v) is 5.20. The summed E-state index contributed by atoms with van der Waals surface area (Å²) in [6.07, 6.45) is 6.97. The van der Waals surface area contributed by atoms with Crippen LogP contribution in [0.4, 0.5) is 0 Å². The van der Waals surface area contributed by atoms with Crippen LogP contribution in [-0.2, 0) is 0 Å². The second-order valence-electron chi connectivity index (χ2n) is 1.42. The number of terminal acetylenes is 1. The van der Waals surface area contributed by atoms with Crippen molar-refractivity contribution in [2.45, 2.75) is 25.1 Å². The standard InChI is InChI=1S/C6H9Cl/c1-3-5-6(7)4-2/h2,6H,3,5H2,1H3. The zero-order chi connectivity index (χ0) is 5.70. The number of halogens is 1. The smallest absolute Gasteiger partial charge is 0.0940 e. The molecule has 0 heterocycles. The summed E-state index contributed by atoms with van der Waals surface area (Å²) in [5.41, 5.74) is 0. The first-order valence-corrected chi connectivity index (χ1v) is 2.85. The molecular weight excluding hydrogens is 108 g/mol. The molecule has 0 nitrogen and oxygen atoms in total. The Morgan fingerprint density at radius 2 is 2.43 bits per heavy atom. The van der Waals surface area contributed by atoms with Crippen LogP contribution in [0.3, 0.4) is 0 Å². The van der Waals surface area contributed by atoms with Crippen molar-refractivity contribution >= 4 is 11.6 Å². The lowest BCUT2D eigenvalue weighted by atomic mass is 10.3. The predicted octanol–water partition coefficient (Wildman–Crippen LogP) is 2.03. The molecule has 0 saturated heterocycles. The molecule has 0 bridgehead atoms. The molecule has 0 fully saturated rings. The first-order chi connectivity index (χ1) is 3.31. The third-order valence-corrected chi connectivity index (χ3v) is 1.07. The molecule has 1 heteroatoms. The van der Waals surface area contributed by atoms with Gasteiger partial charge in [0.1, 0.15) is 0 Å². The molecular formula is C6H9Cl. The summed E-state index contributed by atoms with van der Waals surface area (Å²) in [7, 11) is 0. The highest BCUT2D eigenvalue weighted by atomic mass is 35.5. The van der Waals surface area contributed by atoms with Crippen molar-refractivity contribution < 1.29 is 0 Å². The van der Waals surface area contributed by atoms with Gasteiger partial charge in [-0.15, -0.1) is 18.0 Å². The Morgan fingerprint density at radius 3 is 2.57 bits per heavy atom. The fourth-order valence-electron chi connectivity index (χ4n) is 0.337. The van der Waals surface area contributed by atoms with Crippen molar-refractivity contribution in [3.63, 3.8) is 0 Å². The van der Waals surface area contributed by atoms with E-state index < -0.39 is 0 Å². The molecule has 1 unspecified atom stereocenters. The summed E-state index contributed by atoms with van der Waals surface area (Å²) in [6.45, 7) is 2.06. The number of rotatable bonds is 2. The van der Waals surface area contributed by atoms with Crippen LogP contribution >= 0.6 is 11.6 Å². The van der Waals surface area contributed by atoms with Crippen LogP contribution in [-0.4, -0.2) is 5.38 Å². The van der Waals surface area contributed by atoms with E-state index in [4.69, 9.17) is 18.0 Å². The SMILES string of the molecule is C#CC(Cl)CCC. The molecule has 0 aromatic carbocycles. The average molecular weight is 117 g/mol. The van der Waals surface area contributed by atoms with Crippen molar-refractivity contribution in [1.29, 1.82) is 0 Å². The highest BCUT2D eigenvalue weighted by molar-refractivity contribution is 6.22. The maximum atomic E-state index is 5.53. The Balaban J connectivity index is 3.04. The lowest BCUT2D eigenvalue weighted by molar-refractivity contribution is 0.834. The topological polar surface area (TPSA) is 0 Å². The van der Waals surface area contributed by atoms with Crippen LogP contribution in [0.1, 0.15) is 19.8 Å². The number of alkyl halides is 1. The van der Waals surface area contributed by atoms with E-state index in [1.807, 2.05) is 0 Å². The van der Waals surface area contributed by atoms with Crippen molar-refractivity contribution in [2.24, 2.45) is 0 Å². The summed E-state index contributed by atoms with van der Waals surface area (Å²) in [4.78, 5) is 0. The molecule has 0 radical (unpaired) electrons. The minimum atomic E-state index is -0.0509. The summed E-state index contributed by atoms with van der Waals surface area (Å²) in [5, 5.41) is -0.0509. The van der Waals surface area contributed by atoms with Crippen molar-refractivity contribution in [3.05, 3.63) is 0 Å². The van der Waals surface area contributed by atoms with E-state index in [9.17, 15) is 0 Å². The van der Waals surface area contributed by atoms with E-state index in [2.05, 4.69) is 12.8 Å². The highest BCUT2D eigenvalue weighted by Crippen LogP contribution is 2.01. The highest BCUT2D eigenvalue weighted by Gasteiger charge is 1.92. The van der Waals surface area contributed by atoms with Gasteiger partial charge in [0.25, 0.3) is 0 Å². The van der Waals surface area contributed by atoms with E-state index in [0.717, 1.165) is 12.8 Å². The largest absolute Gasteiger partial charge is 0.119 e. The lowest BCUT2D eigenvalue weighted by Crippen LogP contribution is -1.89. The van der Waals surface area contributed by atoms with Crippen LogP contribution in [0.15, 0.2) is 0 Å².